The Morgan fingerprint density at radius 3 is 2.37 bits per heavy atom. The third-order valence-corrected chi connectivity index (χ3v) is 8.11. The molecular weight excluding hydrogens is 538 g/mol. The predicted molar refractivity (Wildman–Crippen MR) is 162 cm³/mol. The minimum Gasteiger partial charge on any atom is -0.497 e. The second-order valence-corrected chi connectivity index (χ2v) is 11.0. The average Bonchev–Trinajstić information content (AvgIpc) is 3.61. The number of fused-ring (bicyclic) bond motifs is 1. The van der Waals surface area contributed by atoms with Crippen molar-refractivity contribution in [3.05, 3.63) is 94.1 Å². The Balaban J connectivity index is 1.25. The number of methoxy groups -OCH3 is 1. The molecule has 0 atom stereocenters. The van der Waals surface area contributed by atoms with Crippen molar-refractivity contribution in [2.75, 3.05) is 19.0 Å². The molecule has 41 heavy (non-hydrogen) atoms. The summed E-state index contributed by atoms with van der Waals surface area (Å²) >= 11 is 6.02. The molecule has 0 unspecified atom stereocenters. The summed E-state index contributed by atoms with van der Waals surface area (Å²) < 4.78 is 7.07. The summed E-state index contributed by atoms with van der Waals surface area (Å²) in [5.74, 6) is 0.558. The van der Waals surface area contributed by atoms with E-state index in [0.29, 0.717) is 40.5 Å². The first-order chi connectivity index (χ1) is 19.8. The Bertz CT molecular complexity index is 1570. The highest BCUT2D eigenvalue weighted by molar-refractivity contribution is 6.30. The molecule has 0 bridgehead atoms. The molecule has 212 valence electrons. The first-order valence-electron chi connectivity index (χ1n) is 14.0. The predicted octanol–water partition coefficient (Wildman–Crippen LogP) is 6.33. The van der Waals surface area contributed by atoms with E-state index in [4.69, 9.17) is 16.3 Å². The summed E-state index contributed by atoms with van der Waals surface area (Å²) in [5.41, 5.74) is 4.57. The van der Waals surface area contributed by atoms with Crippen LogP contribution in [0.15, 0.2) is 66.7 Å². The summed E-state index contributed by atoms with van der Waals surface area (Å²) in [6.07, 6.45) is 4.97. The molecule has 3 aromatic carbocycles. The maximum atomic E-state index is 13.5. The van der Waals surface area contributed by atoms with E-state index in [9.17, 15) is 14.4 Å². The molecule has 2 N–H and O–H groups in total. The van der Waals surface area contributed by atoms with Crippen LogP contribution in [-0.4, -0.2) is 35.9 Å². The molecule has 1 aliphatic rings. The van der Waals surface area contributed by atoms with Gasteiger partial charge < -0.3 is 15.4 Å². The van der Waals surface area contributed by atoms with Gasteiger partial charge in [-0.15, -0.1) is 0 Å². The second-order valence-electron chi connectivity index (χ2n) is 10.5. The van der Waals surface area contributed by atoms with Gasteiger partial charge in [-0.05, 0) is 91.9 Å². The Hall–Kier alpha value is -4.10. The van der Waals surface area contributed by atoms with Crippen molar-refractivity contribution in [1.82, 2.24) is 9.88 Å². The summed E-state index contributed by atoms with van der Waals surface area (Å²) in [4.78, 5) is 38.9. The van der Waals surface area contributed by atoms with Gasteiger partial charge in [-0.25, -0.2) is 0 Å². The fraction of sp³-hybridized carbons (Fsp3) is 0.303. The third kappa shape index (κ3) is 6.46. The Kier molecular flexibility index (Phi) is 8.74. The number of nitrogens with zero attached hydrogens (tertiary/aromatic N) is 1. The van der Waals surface area contributed by atoms with Gasteiger partial charge in [0.05, 0.1) is 19.0 Å². The van der Waals surface area contributed by atoms with Gasteiger partial charge in [0.1, 0.15) is 5.75 Å². The van der Waals surface area contributed by atoms with E-state index in [-0.39, 0.29) is 30.1 Å². The lowest BCUT2D eigenvalue weighted by Gasteiger charge is -2.11. The molecule has 7 nitrogen and oxygen atoms in total. The fourth-order valence-corrected chi connectivity index (χ4v) is 5.68. The standard InChI is InChI=1S/C33H34ClN3O4/c1-21-28(29-19-27(41-2)15-16-30(29)37(21)33(40)24-9-11-25(34)12-10-24)20-31(38)35-18-17-22-7-13-26(14-8-22)36-32(39)23-5-3-4-6-23/h7-16,19,23H,3-6,17-18,20H2,1-2H3,(H,35,38)(H,36,39). The van der Waals surface area contributed by atoms with Crippen LogP contribution in [0, 0.1) is 12.8 Å². The SMILES string of the molecule is COc1ccc2c(c1)c(CC(=O)NCCc1ccc(NC(=O)C3CCCC3)cc1)c(C)n2C(=O)c1ccc(Cl)cc1. The van der Waals surface area contributed by atoms with Crippen molar-refractivity contribution in [2.45, 2.75) is 45.4 Å². The zero-order valence-corrected chi connectivity index (χ0v) is 24.1. The third-order valence-electron chi connectivity index (χ3n) is 7.86. The quantitative estimate of drug-likeness (QED) is 0.246. The molecule has 1 aliphatic carbocycles. The molecular formula is C33H34ClN3O4. The van der Waals surface area contributed by atoms with Crippen molar-refractivity contribution < 1.29 is 19.1 Å². The first kappa shape index (κ1) is 28.4. The van der Waals surface area contributed by atoms with E-state index >= 15 is 0 Å². The summed E-state index contributed by atoms with van der Waals surface area (Å²) in [7, 11) is 1.59. The van der Waals surface area contributed by atoms with Crippen molar-refractivity contribution >= 4 is 45.9 Å². The van der Waals surface area contributed by atoms with Crippen LogP contribution in [0.5, 0.6) is 5.75 Å². The average molecular weight is 572 g/mol. The van der Waals surface area contributed by atoms with E-state index in [1.807, 2.05) is 49.4 Å². The minimum absolute atomic E-state index is 0.103. The lowest BCUT2D eigenvalue weighted by Crippen LogP contribution is -2.27. The molecule has 0 spiro atoms. The Labute approximate surface area is 244 Å². The van der Waals surface area contributed by atoms with Crippen molar-refractivity contribution in [1.29, 1.82) is 0 Å². The van der Waals surface area contributed by atoms with Gasteiger partial charge in [0.2, 0.25) is 11.8 Å². The van der Waals surface area contributed by atoms with Crippen LogP contribution in [0.25, 0.3) is 10.9 Å². The maximum absolute atomic E-state index is 13.5. The van der Waals surface area contributed by atoms with Crippen LogP contribution in [0.1, 0.15) is 52.9 Å². The van der Waals surface area contributed by atoms with Crippen LogP contribution in [0.4, 0.5) is 5.69 Å². The van der Waals surface area contributed by atoms with Crippen LogP contribution in [-0.2, 0) is 22.4 Å². The van der Waals surface area contributed by atoms with Gasteiger partial charge in [-0.2, -0.15) is 0 Å². The summed E-state index contributed by atoms with van der Waals surface area (Å²) in [6.45, 7) is 2.33. The monoisotopic (exact) mass is 571 g/mol. The van der Waals surface area contributed by atoms with E-state index in [1.165, 1.54) is 0 Å². The lowest BCUT2D eigenvalue weighted by atomic mass is 10.1. The zero-order valence-electron chi connectivity index (χ0n) is 23.3. The van der Waals surface area contributed by atoms with Gasteiger partial charge in [0.25, 0.3) is 5.91 Å². The number of benzene rings is 3. The first-order valence-corrected chi connectivity index (χ1v) is 14.4. The number of hydrogen-bond donors (Lipinski definition) is 2. The number of carbonyl (C=O) groups excluding carboxylic acids is 3. The Morgan fingerprint density at radius 2 is 1.68 bits per heavy atom. The van der Waals surface area contributed by atoms with E-state index in [2.05, 4.69) is 10.6 Å². The fourth-order valence-electron chi connectivity index (χ4n) is 5.55. The van der Waals surface area contributed by atoms with Gasteiger partial charge in [-0.3, -0.25) is 19.0 Å². The highest BCUT2D eigenvalue weighted by atomic mass is 35.5. The number of amides is 2. The number of halogens is 1. The highest BCUT2D eigenvalue weighted by Crippen LogP contribution is 2.31. The number of anilines is 1. The van der Waals surface area contributed by atoms with Crippen LogP contribution < -0.4 is 15.4 Å². The lowest BCUT2D eigenvalue weighted by molar-refractivity contribution is -0.120. The molecule has 1 heterocycles. The van der Waals surface area contributed by atoms with E-state index in [0.717, 1.165) is 47.9 Å². The van der Waals surface area contributed by atoms with E-state index < -0.39 is 0 Å². The van der Waals surface area contributed by atoms with Gasteiger partial charge in [-0.1, -0.05) is 36.6 Å². The maximum Gasteiger partial charge on any atom is 0.262 e. The number of rotatable bonds is 9. The second kappa shape index (κ2) is 12.6. The summed E-state index contributed by atoms with van der Waals surface area (Å²) in [5, 5.41) is 7.38. The van der Waals surface area contributed by atoms with Crippen LogP contribution in [0.2, 0.25) is 5.02 Å². The van der Waals surface area contributed by atoms with Gasteiger partial charge in [0.15, 0.2) is 0 Å². The molecule has 8 heteroatoms. The molecule has 1 aromatic heterocycles. The van der Waals surface area contributed by atoms with Gasteiger partial charge >= 0.3 is 0 Å². The summed E-state index contributed by atoms with van der Waals surface area (Å²) in [6, 6.07) is 20.1. The van der Waals surface area contributed by atoms with Crippen molar-refractivity contribution in [2.24, 2.45) is 5.92 Å². The molecule has 0 radical (unpaired) electrons. The molecule has 0 saturated heterocycles. The van der Waals surface area contributed by atoms with Gasteiger partial charge in [0, 0.05) is 39.8 Å². The molecule has 5 rings (SSSR count). The number of nitrogens with one attached hydrogen (secondary N) is 2. The number of aromatic nitrogens is 1. The molecule has 1 saturated carbocycles. The van der Waals surface area contributed by atoms with Crippen LogP contribution in [0.3, 0.4) is 0 Å². The topological polar surface area (TPSA) is 89.4 Å². The zero-order chi connectivity index (χ0) is 28.9. The largest absolute Gasteiger partial charge is 0.497 e. The Morgan fingerprint density at radius 1 is 0.976 bits per heavy atom. The van der Waals surface area contributed by atoms with Crippen molar-refractivity contribution in [3.63, 3.8) is 0 Å². The number of hydrogen-bond acceptors (Lipinski definition) is 4. The van der Waals surface area contributed by atoms with Crippen LogP contribution >= 0.6 is 11.6 Å². The molecule has 0 aliphatic heterocycles. The smallest absolute Gasteiger partial charge is 0.262 e. The van der Waals surface area contributed by atoms with Crippen molar-refractivity contribution in [3.8, 4) is 5.75 Å². The molecule has 4 aromatic rings. The van der Waals surface area contributed by atoms with E-state index in [1.54, 1.807) is 35.9 Å². The molecule has 2 amide bonds. The normalized spacial score (nSPS) is 13.3. The number of ether oxygens (including phenoxy) is 1. The number of carbonyl (C=O) groups is 3. The highest BCUT2D eigenvalue weighted by Gasteiger charge is 2.23. The molecule has 1 fully saturated rings. The minimum atomic E-state index is -0.191.